The molecule has 2 rings (SSSR count). The van der Waals surface area contributed by atoms with Gasteiger partial charge in [0.25, 0.3) is 0 Å². The Bertz CT molecular complexity index is 295. The molecule has 0 aromatic carbocycles. The zero-order valence-corrected chi connectivity index (χ0v) is 9.52. The zero-order chi connectivity index (χ0) is 10.2. The Morgan fingerprint density at radius 3 is 2.36 bits per heavy atom. The summed E-state index contributed by atoms with van der Waals surface area (Å²) in [5.41, 5.74) is 0. The van der Waals surface area contributed by atoms with Gasteiger partial charge in [0.1, 0.15) is 0 Å². The van der Waals surface area contributed by atoms with Crippen LogP contribution in [-0.2, 0) is 9.84 Å². The molecule has 0 spiro atoms. The molecule has 1 saturated carbocycles. The second kappa shape index (κ2) is 3.81. The molecule has 2 aliphatic rings. The molecule has 2 fully saturated rings. The number of hydrogen-bond donors (Lipinski definition) is 1. The third kappa shape index (κ3) is 1.70. The highest BCUT2D eigenvalue weighted by atomic mass is 32.2. The van der Waals surface area contributed by atoms with Crippen LogP contribution in [0.5, 0.6) is 0 Å². The minimum Gasteiger partial charge on any atom is -0.319 e. The first kappa shape index (κ1) is 10.4. The number of nitrogens with one attached hydrogen (secondary N) is 1. The van der Waals surface area contributed by atoms with Gasteiger partial charge in [-0.25, -0.2) is 8.42 Å². The van der Waals surface area contributed by atoms with Gasteiger partial charge in [-0.15, -0.1) is 0 Å². The standard InChI is InChI=1S/C10H19NO2S/c1-11-7-9(8-3-2-4-8)10-5-6-14(10,12)13/h8-11H,2-7H2,1H3. The van der Waals surface area contributed by atoms with E-state index in [4.69, 9.17) is 0 Å². The summed E-state index contributed by atoms with van der Waals surface area (Å²) in [7, 11) is -0.791. The molecule has 82 valence electrons. The number of rotatable bonds is 4. The molecule has 1 aliphatic heterocycles. The molecule has 1 N–H and O–H groups in total. The molecule has 0 amide bonds. The Morgan fingerprint density at radius 2 is 2.07 bits per heavy atom. The largest absolute Gasteiger partial charge is 0.319 e. The summed E-state index contributed by atoms with van der Waals surface area (Å²) >= 11 is 0. The van der Waals surface area contributed by atoms with E-state index >= 15 is 0 Å². The van der Waals surface area contributed by atoms with E-state index in [0.29, 0.717) is 17.6 Å². The molecule has 3 nitrogen and oxygen atoms in total. The Kier molecular flexibility index (Phi) is 2.84. The monoisotopic (exact) mass is 217 g/mol. The highest BCUT2D eigenvalue weighted by molar-refractivity contribution is 7.93. The predicted molar refractivity (Wildman–Crippen MR) is 56.9 cm³/mol. The molecule has 0 aromatic rings. The van der Waals surface area contributed by atoms with Gasteiger partial charge in [0.05, 0.1) is 11.0 Å². The van der Waals surface area contributed by atoms with Crippen molar-refractivity contribution >= 4 is 9.84 Å². The van der Waals surface area contributed by atoms with E-state index in [1.807, 2.05) is 7.05 Å². The first-order valence-corrected chi connectivity index (χ1v) is 7.23. The van der Waals surface area contributed by atoms with Crippen molar-refractivity contribution in [3.05, 3.63) is 0 Å². The topological polar surface area (TPSA) is 46.2 Å². The molecule has 2 unspecified atom stereocenters. The first-order chi connectivity index (χ1) is 6.65. The van der Waals surface area contributed by atoms with Crippen molar-refractivity contribution < 1.29 is 8.42 Å². The van der Waals surface area contributed by atoms with E-state index in [1.54, 1.807) is 0 Å². The number of sulfone groups is 1. The maximum Gasteiger partial charge on any atom is 0.153 e. The van der Waals surface area contributed by atoms with Crippen LogP contribution in [0.3, 0.4) is 0 Å². The Hall–Kier alpha value is -0.0900. The third-order valence-electron chi connectivity index (χ3n) is 3.82. The Morgan fingerprint density at radius 1 is 1.36 bits per heavy atom. The SMILES string of the molecule is CNCC(C1CCC1)C1CCS1(=O)=O. The lowest BCUT2D eigenvalue weighted by atomic mass is 9.74. The predicted octanol–water partition coefficient (Wildman–Crippen LogP) is 0.809. The quantitative estimate of drug-likeness (QED) is 0.758. The van der Waals surface area contributed by atoms with E-state index in [-0.39, 0.29) is 5.25 Å². The van der Waals surface area contributed by atoms with Crippen molar-refractivity contribution in [2.75, 3.05) is 19.3 Å². The van der Waals surface area contributed by atoms with Crippen LogP contribution in [-0.4, -0.2) is 33.0 Å². The van der Waals surface area contributed by atoms with E-state index in [9.17, 15) is 8.42 Å². The van der Waals surface area contributed by atoms with Crippen LogP contribution in [0, 0.1) is 11.8 Å². The van der Waals surface area contributed by atoms with Crippen LogP contribution in [0.2, 0.25) is 0 Å². The van der Waals surface area contributed by atoms with Crippen LogP contribution < -0.4 is 5.32 Å². The van der Waals surface area contributed by atoms with E-state index in [1.165, 1.54) is 19.3 Å². The highest BCUT2D eigenvalue weighted by Crippen LogP contribution is 2.40. The Balaban J connectivity index is 2.02. The van der Waals surface area contributed by atoms with Crippen LogP contribution in [0.4, 0.5) is 0 Å². The lowest BCUT2D eigenvalue weighted by Crippen LogP contribution is -2.49. The van der Waals surface area contributed by atoms with Gasteiger partial charge in [-0.3, -0.25) is 0 Å². The summed E-state index contributed by atoms with van der Waals surface area (Å²) in [5, 5.41) is 3.11. The van der Waals surface area contributed by atoms with Gasteiger partial charge in [-0.05, 0) is 31.8 Å². The minimum atomic E-state index is -2.70. The van der Waals surface area contributed by atoms with Gasteiger partial charge in [0.2, 0.25) is 0 Å². The smallest absolute Gasteiger partial charge is 0.153 e. The minimum absolute atomic E-state index is 0.0275. The highest BCUT2D eigenvalue weighted by Gasteiger charge is 2.45. The van der Waals surface area contributed by atoms with Crippen molar-refractivity contribution in [1.29, 1.82) is 0 Å². The zero-order valence-electron chi connectivity index (χ0n) is 8.70. The fourth-order valence-corrected chi connectivity index (χ4v) is 4.38. The molecule has 14 heavy (non-hydrogen) atoms. The first-order valence-electron chi connectivity index (χ1n) is 5.51. The van der Waals surface area contributed by atoms with Gasteiger partial charge in [0.15, 0.2) is 9.84 Å². The molecule has 0 radical (unpaired) electrons. The summed E-state index contributed by atoms with van der Waals surface area (Å²) in [5.74, 6) is 1.47. The van der Waals surface area contributed by atoms with Crippen LogP contribution in [0.25, 0.3) is 0 Å². The van der Waals surface area contributed by atoms with Gasteiger partial charge < -0.3 is 5.32 Å². The fraction of sp³-hybridized carbons (Fsp3) is 1.00. The summed E-state index contributed by atoms with van der Waals surface area (Å²) < 4.78 is 23.1. The van der Waals surface area contributed by atoms with E-state index in [0.717, 1.165) is 13.0 Å². The molecule has 0 aromatic heterocycles. The van der Waals surface area contributed by atoms with E-state index < -0.39 is 9.84 Å². The second-order valence-electron chi connectivity index (χ2n) is 4.61. The lowest BCUT2D eigenvalue weighted by molar-refractivity contribution is 0.189. The van der Waals surface area contributed by atoms with Crippen molar-refractivity contribution in [2.45, 2.75) is 30.9 Å². The molecule has 1 saturated heterocycles. The van der Waals surface area contributed by atoms with E-state index in [2.05, 4.69) is 5.32 Å². The van der Waals surface area contributed by atoms with Crippen molar-refractivity contribution in [3.8, 4) is 0 Å². The molecular formula is C10H19NO2S. The van der Waals surface area contributed by atoms with Gasteiger partial charge >= 0.3 is 0 Å². The third-order valence-corrected chi connectivity index (χ3v) is 6.13. The average molecular weight is 217 g/mol. The average Bonchev–Trinajstić information content (AvgIpc) is 2.00. The normalized spacial score (nSPS) is 33.1. The van der Waals surface area contributed by atoms with Crippen molar-refractivity contribution in [2.24, 2.45) is 11.8 Å². The lowest BCUT2D eigenvalue weighted by Gasteiger charge is -2.41. The summed E-state index contributed by atoms with van der Waals surface area (Å²) in [6.07, 6.45) is 4.65. The summed E-state index contributed by atoms with van der Waals surface area (Å²) in [6, 6.07) is 0. The van der Waals surface area contributed by atoms with Crippen LogP contribution >= 0.6 is 0 Å². The fourth-order valence-electron chi connectivity index (χ4n) is 2.63. The van der Waals surface area contributed by atoms with Gasteiger partial charge in [0, 0.05) is 0 Å². The number of hydrogen-bond acceptors (Lipinski definition) is 3. The van der Waals surface area contributed by atoms with Gasteiger partial charge in [-0.2, -0.15) is 0 Å². The Labute approximate surface area is 86.2 Å². The summed E-state index contributed by atoms with van der Waals surface area (Å²) in [6.45, 7) is 0.870. The second-order valence-corrected chi connectivity index (χ2v) is 6.95. The molecule has 1 aliphatic carbocycles. The van der Waals surface area contributed by atoms with Crippen LogP contribution in [0.15, 0.2) is 0 Å². The molecule has 2 atom stereocenters. The molecular weight excluding hydrogens is 198 g/mol. The molecule has 0 bridgehead atoms. The summed E-state index contributed by atoms with van der Waals surface area (Å²) in [4.78, 5) is 0. The molecule has 1 heterocycles. The van der Waals surface area contributed by atoms with Gasteiger partial charge in [-0.1, -0.05) is 19.3 Å². The molecule has 4 heteroatoms. The maximum atomic E-state index is 11.6. The van der Waals surface area contributed by atoms with Crippen molar-refractivity contribution in [1.82, 2.24) is 5.32 Å². The van der Waals surface area contributed by atoms with Crippen molar-refractivity contribution in [3.63, 3.8) is 0 Å². The van der Waals surface area contributed by atoms with Crippen LogP contribution in [0.1, 0.15) is 25.7 Å². The maximum absolute atomic E-state index is 11.6.